The molecule has 1 aromatic carbocycles. The molecule has 1 aliphatic heterocycles. The fourth-order valence-electron chi connectivity index (χ4n) is 3.29. The minimum atomic E-state index is -0.944. The van der Waals surface area contributed by atoms with Gasteiger partial charge in [-0.2, -0.15) is 0 Å². The van der Waals surface area contributed by atoms with Crippen molar-refractivity contribution in [2.45, 2.75) is 45.7 Å². The minimum Gasteiger partial charge on any atom is -0.480 e. The average Bonchev–Trinajstić information content (AvgIpc) is 2.59. The van der Waals surface area contributed by atoms with Gasteiger partial charge in [0.1, 0.15) is 6.54 Å². The van der Waals surface area contributed by atoms with Gasteiger partial charge in [0, 0.05) is 19.1 Å². The Balaban J connectivity index is 2.01. The molecule has 132 valence electrons. The molecule has 5 heteroatoms. The molecule has 1 amide bonds. The van der Waals surface area contributed by atoms with Crippen LogP contribution in [0.3, 0.4) is 0 Å². The molecule has 2 atom stereocenters. The molecule has 1 N–H and O–H groups in total. The van der Waals surface area contributed by atoms with Gasteiger partial charge in [0.25, 0.3) is 0 Å². The second-order valence-corrected chi connectivity index (χ2v) is 6.68. The van der Waals surface area contributed by atoms with E-state index in [1.807, 2.05) is 32.0 Å². The van der Waals surface area contributed by atoms with E-state index >= 15 is 0 Å². The van der Waals surface area contributed by atoms with Gasteiger partial charge < -0.3 is 10.0 Å². The maximum atomic E-state index is 12.9. The third kappa shape index (κ3) is 5.06. The van der Waals surface area contributed by atoms with Gasteiger partial charge in [0.15, 0.2) is 0 Å². The zero-order valence-electron chi connectivity index (χ0n) is 14.6. The summed E-state index contributed by atoms with van der Waals surface area (Å²) in [5.74, 6) is -1.05. The van der Waals surface area contributed by atoms with Crippen molar-refractivity contribution in [3.05, 3.63) is 35.9 Å². The van der Waals surface area contributed by atoms with E-state index in [-0.39, 0.29) is 24.4 Å². The Bertz CT molecular complexity index is 547. The Kier molecular flexibility index (Phi) is 6.79. The van der Waals surface area contributed by atoms with Crippen LogP contribution in [0.1, 0.15) is 38.7 Å². The Labute approximate surface area is 144 Å². The van der Waals surface area contributed by atoms with Crippen LogP contribution in [0.2, 0.25) is 0 Å². The lowest BCUT2D eigenvalue weighted by molar-refractivity contribution is -0.149. The van der Waals surface area contributed by atoms with Crippen molar-refractivity contribution in [1.29, 1.82) is 0 Å². The van der Waals surface area contributed by atoms with Crippen molar-refractivity contribution in [2.24, 2.45) is 5.92 Å². The van der Waals surface area contributed by atoms with Crippen LogP contribution in [0, 0.1) is 5.92 Å². The number of hydrogen-bond donors (Lipinski definition) is 1. The van der Waals surface area contributed by atoms with Crippen LogP contribution in [0.15, 0.2) is 30.3 Å². The van der Waals surface area contributed by atoms with Gasteiger partial charge in [0.05, 0.1) is 5.92 Å². The summed E-state index contributed by atoms with van der Waals surface area (Å²) in [5.41, 5.74) is 1.25. The summed E-state index contributed by atoms with van der Waals surface area (Å²) in [6.07, 6.45) is 2.58. The number of piperidine rings is 1. The number of rotatable bonds is 7. The zero-order chi connectivity index (χ0) is 17.5. The molecular formula is C19H28N2O3. The van der Waals surface area contributed by atoms with Gasteiger partial charge in [-0.15, -0.1) is 0 Å². The van der Waals surface area contributed by atoms with E-state index in [0.717, 1.165) is 32.4 Å². The number of nitrogens with zero attached hydrogens (tertiary/aromatic N) is 2. The van der Waals surface area contributed by atoms with E-state index < -0.39 is 5.97 Å². The highest BCUT2D eigenvalue weighted by molar-refractivity contribution is 5.83. The van der Waals surface area contributed by atoms with Crippen LogP contribution >= 0.6 is 0 Å². The SMILES string of the molecule is CC[C@@H](C)N(CC(=O)O)C(=O)[C@H]1CCCN(Cc2ccccc2)C1. The molecule has 5 nitrogen and oxygen atoms in total. The van der Waals surface area contributed by atoms with Gasteiger partial charge in [-0.25, -0.2) is 0 Å². The van der Waals surface area contributed by atoms with Crippen LogP contribution in [0.5, 0.6) is 0 Å². The summed E-state index contributed by atoms with van der Waals surface area (Å²) < 4.78 is 0. The second-order valence-electron chi connectivity index (χ2n) is 6.68. The van der Waals surface area contributed by atoms with Gasteiger partial charge in [-0.05, 0) is 38.3 Å². The summed E-state index contributed by atoms with van der Waals surface area (Å²) in [7, 11) is 0. The molecule has 0 spiro atoms. The first-order chi connectivity index (χ1) is 11.5. The number of carboxylic acids is 1. The maximum Gasteiger partial charge on any atom is 0.323 e. The summed E-state index contributed by atoms with van der Waals surface area (Å²) in [6.45, 7) is 6.23. The summed E-state index contributed by atoms with van der Waals surface area (Å²) in [4.78, 5) is 27.8. The average molecular weight is 332 g/mol. The number of carboxylic acid groups (broad SMARTS) is 1. The minimum absolute atomic E-state index is 0.00971. The Hall–Kier alpha value is -1.88. The number of likely N-dealkylation sites (tertiary alicyclic amines) is 1. The van der Waals surface area contributed by atoms with Crippen molar-refractivity contribution in [2.75, 3.05) is 19.6 Å². The monoisotopic (exact) mass is 332 g/mol. The number of amides is 1. The third-order valence-corrected chi connectivity index (χ3v) is 4.82. The molecule has 0 bridgehead atoms. The molecule has 24 heavy (non-hydrogen) atoms. The molecule has 0 radical (unpaired) electrons. The van der Waals surface area contributed by atoms with Crippen LogP contribution in [-0.4, -0.2) is 52.5 Å². The fraction of sp³-hybridized carbons (Fsp3) is 0.579. The van der Waals surface area contributed by atoms with E-state index in [1.54, 1.807) is 4.90 Å². The van der Waals surface area contributed by atoms with Crippen molar-refractivity contribution < 1.29 is 14.7 Å². The molecule has 1 aliphatic rings. The third-order valence-electron chi connectivity index (χ3n) is 4.82. The molecule has 0 aliphatic carbocycles. The van der Waals surface area contributed by atoms with Crippen LogP contribution < -0.4 is 0 Å². The van der Waals surface area contributed by atoms with Crippen LogP contribution in [0.25, 0.3) is 0 Å². The molecule has 0 unspecified atom stereocenters. The van der Waals surface area contributed by atoms with E-state index in [9.17, 15) is 9.59 Å². The van der Waals surface area contributed by atoms with Gasteiger partial charge >= 0.3 is 5.97 Å². The first kappa shape index (κ1) is 18.5. The van der Waals surface area contributed by atoms with Crippen LogP contribution in [-0.2, 0) is 16.1 Å². The number of benzene rings is 1. The van der Waals surface area contributed by atoms with E-state index in [2.05, 4.69) is 17.0 Å². The van der Waals surface area contributed by atoms with Crippen molar-refractivity contribution in [1.82, 2.24) is 9.80 Å². The number of hydrogen-bond acceptors (Lipinski definition) is 3. The number of carbonyl (C=O) groups is 2. The second kappa shape index (κ2) is 8.83. The number of carbonyl (C=O) groups excluding carboxylic acids is 1. The summed E-state index contributed by atoms with van der Waals surface area (Å²) in [6, 6.07) is 10.2. The first-order valence-electron chi connectivity index (χ1n) is 8.79. The van der Waals surface area contributed by atoms with Crippen molar-refractivity contribution >= 4 is 11.9 Å². The molecule has 0 aromatic heterocycles. The molecule has 1 heterocycles. The van der Waals surface area contributed by atoms with Gasteiger partial charge in [-0.3, -0.25) is 14.5 Å². The molecule has 2 rings (SSSR count). The van der Waals surface area contributed by atoms with Crippen LogP contribution in [0.4, 0.5) is 0 Å². The quantitative estimate of drug-likeness (QED) is 0.834. The standard InChI is InChI=1S/C19H28N2O3/c1-3-15(2)21(14-18(22)23)19(24)17-10-7-11-20(13-17)12-16-8-5-4-6-9-16/h4-6,8-9,15,17H,3,7,10-14H2,1-2H3,(H,22,23)/t15-,17+/m1/s1. The van der Waals surface area contributed by atoms with E-state index in [1.165, 1.54) is 5.56 Å². The van der Waals surface area contributed by atoms with Crippen molar-refractivity contribution in [3.8, 4) is 0 Å². The Morgan fingerprint density at radius 1 is 1.33 bits per heavy atom. The molecule has 1 fully saturated rings. The Morgan fingerprint density at radius 2 is 2.04 bits per heavy atom. The van der Waals surface area contributed by atoms with Crippen molar-refractivity contribution in [3.63, 3.8) is 0 Å². The first-order valence-corrected chi connectivity index (χ1v) is 8.79. The lowest BCUT2D eigenvalue weighted by Gasteiger charge is -2.36. The lowest BCUT2D eigenvalue weighted by Crippen LogP contribution is -2.49. The molecular weight excluding hydrogens is 304 g/mol. The summed E-state index contributed by atoms with van der Waals surface area (Å²) in [5, 5.41) is 9.12. The van der Waals surface area contributed by atoms with Gasteiger partial charge in [0.2, 0.25) is 5.91 Å². The summed E-state index contributed by atoms with van der Waals surface area (Å²) >= 11 is 0. The fourth-order valence-corrected chi connectivity index (χ4v) is 3.29. The molecule has 0 saturated carbocycles. The van der Waals surface area contributed by atoms with Gasteiger partial charge in [-0.1, -0.05) is 37.3 Å². The number of aliphatic carboxylic acids is 1. The highest BCUT2D eigenvalue weighted by Crippen LogP contribution is 2.22. The highest BCUT2D eigenvalue weighted by atomic mass is 16.4. The normalized spacial score (nSPS) is 19.7. The smallest absolute Gasteiger partial charge is 0.323 e. The zero-order valence-corrected chi connectivity index (χ0v) is 14.6. The molecule has 1 saturated heterocycles. The Morgan fingerprint density at radius 3 is 2.67 bits per heavy atom. The van der Waals surface area contributed by atoms with E-state index in [0.29, 0.717) is 6.54 Å². The maximum absolute atomic E-state index is 12.9. The van der Waals surface area contributed by atoms with E-state index in [4.69, 9.17) is 5.11 Å². The highest BCUT2D eigenvalue weighted by Gasteiger charge is 2.31. The predicted molar refractivity (Wildman–Crippen MR) is 93.5 cm³/mol. The largest absolute Gasteiger partial charge is 0.480 e. The molecule has 1 aromatic rings. The lowest BCUT2D eigenvalue weighted by atomic mass is 9.95. The predicted octanol–water partition coefficient (Wildman–Crippen LogP) is 2.61. The topological polar surface area (TPSA) is 60.9 Å².